The van der Waals surface area contributed by atoms with Crippen LogP contribution in [0.2, 0.25) is 10.0 Å². The first kappa shape index (κ1) is 17.1. The number of carbonyl (C=O) groups is 2. The monoisotopic (exact) mass is 344 g/mol. The molecule has 0 aliphatic heterocycles. The number of nitrogens with one attached hydrogen (secondary N) is 2. The molecule has 1 aromatic rings. The summed E-state index contributed by atoms with van der Waals surface area (Å²) in [5, 5.41) is 15.6. The Morgan fingerprint density at radius 2 is 2.00 bits per heavy atom. The van der Waals surface area contributed by atoms with Gasteiger partial charge in [-0.1, -0.05) is 29.6 Å². The van der Waals surface area contributed by atoms with Crippen molar-refractivity contribution in [1.82, 2.24) is 10.6 Å². The normalized spacial score (nSPS) is 20.7. The second kappa shape index (κ2) is 7.81. The minimum Gasteiger partial charge on any atom is -0.393 e. The minimum absolute atomic E-state index is 0.102. The van der Waals surface area contributed by atoms with E-state index in [2.05, 4.69) is 10.6 Å². The molecular formula is C15H18Cl2N2O3. The number of hydrogen-bond acceptors (Lipinski definition) is 3. The average Bonchev–Trinajstić information content (AvgIpc) is 2.88. The molecule has 3 N–H and O–H groups in total. The predicted molar refractivity (Wildman–Crippen MR) is 85.2 cm³/mol. The van der Waals surface area contributed by atoms with Gasteiger partial charge in [-0.3, -0.25) is 9.59 Å². The predicted octanol–water partition coefficient (Wildman–Crippen LogP) is 2.00. The first-order valence-corrected chi connectivity index (χ1v) is 7.91. The second-order valence-corrected chi connectivity index (χ2v) is 6.21. The highest BCUT2D eigenvalue weighted by molar-refractivity contribution is 6.36. The largest absolute Gasteiger partial charge is 0.393 e. The first-order valence-electron chi connectivity index (χ1n) is 7.15. The summed E-state index contributed by atoms with van der Waals surface area (Å²) >= 11 is 11.7. The van der Waals surface area contributed by atoms with E-state index in [-0.39, 0.29) is 35.1 Å². The molecule has 22 heavy (non-hydrogen) atoms. The van der Waals surface area contributed by atoms with Gasteiger partial charge in [0.15, 0.2) is 0 Å². The molecule has 2 rings (SSSR count). The van der Waals surface area contributed by atoms with Crippen molar-refractivity contribution in [3.05, 3.63) is 33.8 Å². The van der Waals surface area contributed by atoms with E-state index in [1.54, 1.807) is 6.07 Å². The molecular weight excluding hydrogens is 327 g/mol. The van der Waals surface area contributed by atoms with Crippen molar-refractivity contribution in [2.45, 2.75) is 25.4 Å². The van der Waals surface area contributed by atoms with Gasteiger partial charge in [0.2, 0.25) is 5.91 Å². The van der Waals surface area contributed by atoms with Gasteiger partial charge >= 0.3 is 0 Å². The molecule has 1 aliphatic rings. The van der Waals surface area contributed by atoms with Gasteiger partial charge in [-0.2, -0.15) is 0 Å². The molecule has 2 atom stereocenters. The van der Waals surface area contributed by atoms with Crippen LogP contribution in [0.5, 0.6) is 0 Å². The van der Waals surface area contributed by atoms with Crippen molar-refractivity contribution in [1.29, 1.82) is 0 Å². The Morgan fingerprint density at radius 3 is 2.64 bits per heavy atom. The van der Waals surface area contributed by atoms with Crippen LogP contribution in [0.15, 0.2) is 18.2 Å². The zero-order valence-corrected chi connectivity index (χ0v) is 13.5. The fourth-order valence-electron chi connectivity index (χ4n) is 2.49. The molecule has 1 aromatic carbocycles. The minimum atomic E-state index is -0.433. The van der Waals surface area contributed by atoms with E-state index in [0.29, 0.717) is 11.6 Å². The van der Waals surface area contributed by atoms with Crippen LogP contribution in [-0.2, 0) is 4.79 Å². The van der Waals surface area contributed by atoms with Crippen molar-refractivity contribution in [3.63, 3.8) is 0 Å². The Labute approximate surface area is 139 Å². The Morgan fingerprint density at radius 1 is 1.23 bits per heavy atom. The standard InChI is InChI=1S/C15H18Cl2N2O3/c16-10-4-5-11(12(17)6-10)15(22)19-8-14(21)18-7-9-2-1-3-13(9)20/h4-6,9,13,20H,1-3,7-8H2,(H,18,21)(H,19,22)/t9-,13+/m0/s1. The maximum Gasteiger partial charge on any atom is 0.253 e. The van der Waals surface area contributed by atoms with Gasteiger partial charge in [-0.15, -0.1) is 0 Å². The zero-order valence-electron chi connectivity index (χ0n) is 11.9. The Kier molecular flexibility index (Phi) is 6.06. The van der Waals surface area contributed by atoms with Crippen molar-refractivity contribution in [3.8, 4) is 0 Å². The van der Waals surface area contributed by atoms with Gasteiger partial charge in [0, 0.05) is 17.5 Å². The van der Waals surface area contributed by atoms with E-state index in [4.69, 9.17) is 23.2 Å². The van der Waals surface area contributed by atoms with Crippen LogP contribution >= 0.6 is 23.2 Å². The molecule has 0 saturated heterocycles. The topological polar surface area (TPSA) is 78.4 Å². The quantitative estimate of drug-likeness (QED) is 0.764. The van der Waals surface area contributed by atoms with E-state index in [1.807, 2.05) is 0 Å². The van der Waals surface area contributed by atoms with Gasteiger partial charge in [-0.25, -0.2) is 0 Å². The van der Waals surface area contributed by atoms with Crippen LogP contribution in [-0.4, -0.2) is 36.1 Å². The molecule has 1 fully saturated rings. The zero-order chi connectivity index (χ0) is 16.1. The highest BCUT2D eigenvalue weighted by Crippen LogP contribution is 2.24. The van der Waals surface area contributed by atoms with Crippen molar-refractivity contribution in [2.24, 2.45) is 5.92 Å². The molecule has 0 bridgehead atoms. The summed E-state index contributed by atoms with van der Waals surface area (Å²) in [5.74, 6) is -0.624. The maximum absolute atomic E-state index is 11.9. The van der Waals surface area contributed by atoms with Gasteiger partial charge in [0.25, 0.3) is 5.91 Å². The molecule has 5 nitrogen and oxygen atoms in total. The summed E-state index contributed by atoms with van der Waals surface area (Å²) < 4.78 is 0. The van der Waals surface area contributed by atoms with Gasteiger partial charge in [0.1, 0.15) is 0 Å². The van der Waals surface area contributed by atoms with Gasteiger partial charge in [-0.05, 0) is 31.0 Å². The van der Waals surface area contributed by atoms with E-state index in [1.165, 1.54) is 12.1 Å². The highest BCUT2D eigenvalue weighted by atomic mass is 35.5. The lowest BCUT2D eigenvalue weighted by Crippen LogP contribution is -2.40. The number of carbonyl (C=O) groups excluding carboxylic acids is 2. The summed E-state index contributed by atoms with van der Waals surface area (Å²) in [7, 11) is 0. The molecule has 1 saturated carbocycles. The highest BCUT2D eigenvalue weighted by Gasteiger charge is 2.25. The van der Waals surface area contributed by atoms with Crippen molar-refractivity contribution in [2.75, 3.05) is 13.1 Å². The number of hydrogen-bond donors (Lipinski definition) is 3. The van der Waals surface area contributed by atoms with Crippen molar-refractivity contribution >= 4 is 35.0 Å². The van der Waals surface area contributed by atoms with E-state index >= 15 is 0 Å². The maximum atomic E-state index is 11.9. The summed E-state index contributed by atoms with van der Waals surface area (Å²) in [6.07, 6.45) is 2.33. The average molecular weight is 345 g/mol. The van der Waals surface area contributed by atoms with Gasteiger partial charge < -0.3 is 15.7 Å². The number of amides is 2. The Bertz CT molecular complexity index is 566. The summed E-state index contributed by atoms with van der Waals surface area (Å²) in [6.45, 7) is 0.290. The van der Waals surface area contributed by atoms with Crippen molar-refractivity contribution < 1.29 is 14.7 Å². The Balaban J connectivity index is 1.77. The number of rotatable bonds is 5. The van der Waals surface area contributed by atoms with Crippen LogP contribution < -0.4 is 10.6 Å². The third-order valence-electron chi connectivity index (χ3n) is 3.77. The number of benzene rings is 1. The van der Waals surface area contributed by atoms with Gasteiger partial charge in [0.05, 0.1) is 23.2 Å². The number of aliphatic hydroxyl groups excluding tert-OH is 1. The van der Waals surface area contributed by atoms with Crippen LogP contribution in [0.25, 0.3) is 0 Å². The fourth-order valence-corrected chi connectivity index (χ4v) is 2.99. The fraction of sp³-hybridized carbons (Fsp3) is 0.467. The molecule has 2 amide bonds. The number of halogens is 2. The molecule has 0 spiro atoms. The molecule has 1 aliphatic carbocycles. The third-order valence-corrected chi connectivity index (χ3v) is 4.31. The Hall–Kier alpha value is -1.30. The lowest BCUT2D eigenvalue weighted by atomic mass is 10.1. The second-order valence-electron chi connectivity index (χ2n) is 5.37. The van der Waals surface area contributed by atoms with Crippen LogP contribution in [0.1, 0.15) is 29.6 Å². The molecule has 0 radical (unpaired) electrons. The van der Waals surface area contributed by atoms with E-state index < -0.39 is 5.91 Å². The molecule has 0 aromatic heterocycles. The molecule has 120 valence electrons. The van der Waals surface area contributed by atoms with Crippen LogP contribution in [0.4, 0.5) is 0 Å². The number of aliphatic hydroxyl groups is 1. The SMILES string of the molecule is O=C(CNC(=O)c1ccc(Cl)cc1Cl)NC[C@@H]1CCC[C@H]1O. The lowest BCUT2D eigenvalue weighted by molar-refractivity contribution is -0.120. The van der Waals surface area contributed by atoms with Crippen LogP contribution in [0, 0.1) is 5.92 Å². The first-order chi connectivity index (χ1) is 10.5. The molecule has 0 heterocycles. The van der Waals surface area contributed by atoms with E-state index in [0.717, 1.165) is 19.3 Å². The molecule has 0 unspecified atom stereocenters. The van der Waals surface area contributed by atoms with E-state index in [9.17, 15) is 14.7 Å². The summed E-state index contributed by atoms with van der Waals surface area (Å²) in [6, 6.07) is 4.54. The van der Waals surface area contributed by atoms with Crippen LogP contribution in [0.3, 0.4) is 0 Å². The third kappa shape index (κ3) is 4.60. The summed E-state index contributed by atoms with van der Waals surface area (Å²) in [4.78, 5) is 23.7. The smallest absolute Gasteiger partial charge is 0.253 e. The summed E-state index contributed by atoms with van der Waals surface area (Å²) in [5.41, 5.74) is 0.269. The lowest BCUT2D eigenvalue weighted by Gasteiger charge is -2.15. The molecule has 7 heteroatoms.